The van der Waals surface area contributed by atoms with Crippen LogP contribution in [0.15, 0.2) is 46.5 Å². The van der Waals surface area contributed by atoms with E-state index >= 15 is 0 Å². The van der Waals surface area contributed by atoms with Gasteiger partial charge in [-0.15, -0.1) is 6.58 Å². The van der Waals surface area contributed by atoms with Crippen LogP contribution in [0.4, 0.5) is 11.6 Å². The summed E-state index contributed by atoms with van der Waals surface area (Å²) in [6, 6.07) is 7.78. The second-order valence-electron chi connectivity index (χ2n) is 6.72. The molecule has 1 aliphatic rings. The van der Waals surface area contributed by atoms with E-state index in [1.54, 1.807) is 20.0 Å². The minimum Gasteiger partial charge on any atom is -0.310 e. The number of fused-ring (bicyclic) bond motifs is 3. The molecule has 1 aliphatic heterocycles. The predicted molar refractivity (Wildman–Crippen MR) is 102 cm³/mol. The molecular weight excluding hydrogens is 330 g/mol. The number of anilines is 2. The molecule has 7 nitrogen and oxygen atoms in total. The number of aryl methyl sites for hydroxylation is 2. The van der Waals surface area contributed by atoms with Gasteiger partial charge in [0.15, 0.2) is 11.2 Å². The van der Waals surface area contributed by atoms with E-state index in [2.05, 4.69) is 22.5 Å². The fourth-order valence-corrected chi connectivity index (χ4v) is 3.55. The highest BCUT2D eigenvalue weighted by molar-refractivity contribution is 5.77. The normalized spacial score (nSPS) is 14.7. The zero-order valence-corrected chi connectivity index (χ0v) is 15.1. The molecule has 0 saturated heterocycles. The fourth-order valence-electron chi connectivity index (χ4n) is 3.55. The van der Waals surface area contributed by atoms with E-state index in [1.165, 1.54) is 9.13 Å². The van der Waals surface area contributed by atoms with Crippen molar-refractivity contribution in [1.82, 2.24) is 18.7 Å². The Morgan fingerprint density at radius 2 is 2.04 bits per heavy atom. The minimum atomic E-state index is -0.383. The van der Waals surface area contributed by atoms with Crippen molar-refractivity contribution in [3.63, 3.8) is 0 Å². The van der Waals surface area contributed by atoms with Crippen molar-refractivity contribution in [2.24, 2.45) is 7.05 Å². The van der Waals surface area contributed by atoms with Crippen molar-refractivity contribution < 1.29 is 0 Å². The lowest BCUT2D eigenvalue weighted by Crippen LogP contribution is -2.40. The van der Waals surface area contributed by atoms with E-state index < -0.39 is 0 Å². The average molecular weight is 351 g/mol. The summed E-state index contributed by atoms with van der Waals surface area (Å²) < 4.78 is 4.59. The first-order valence-electron chi connectivity index (χ1n) is 8.62. The Morgan fingerprint density at radius 1 is 1.27 bits per heavy atom. The van der Waals surface area contributed by atoms with Crippen LogP contribution in [-0.4, -0.2) is 25.2 Å². The molecule has 1 atom stereocenters. The van der Waals surface area contributed by atoms with Gasteiger partial charge in [-0.25, -0.2) is 4.79 Å². The van der Waals surface area contributed by atoms with Crippen LogP contribution in [0, 0.1) is 6.92 Å². The molecule has 0 radical (unpaired) electrons. The van der Waals surface area contributed by atoms with Crippen molar-refractivity contribution in [2.75, 3.05) is 11.4 Å². The maximum absolute atomic E-state index is 13.0. The number of aromatic nitrogens is 4. The van der Waals surface area contributed by atoms with Gasteiger partial charge in [0.05, 0.1) is 6.04 Å². The highest BCUT2D eigenvalue weighted by Crippen LogP contribution is 2.31. The van der Waals surface area contributed by atoms with E-state index in [0.717, 1.165) is 17.8 Å². The molecule has 26 heavy (non-hydrogen) atoms. The smallest absolute Gasteiger partial charge is 0.310 e. The van der Waals surface area contributed by atoms with Crippen molar-refractivity contribution in [1.29, 1.82) is 0 Å². The average Bonchev–Trinajstić information content (AvgIpc) is 3.18. The van der Waals surface area contributed by atoms with Crippen LogP contribution in [0.25, 0.3) is 11.2 Å². The maximum atomic E-state index is 13.0. The zero-order chi connectivity index (χ0) is 18.6. The molecule has 4 rings (SSSR count). The van der Waals surface area contributed by atoms with Gasteiger partial charge in [0.1, 0.15) is 0 Å². The number of hydrogen-bond donors (Lipinski definition) is 0. The van der Waals surface area contributed by atoms with E-state index in [9.17, 15) is 9.59 Å². The van der Waals surface area contributed by atoms with Crippen LogP contribution in [0.5, 0.6) is 0 Å². The topological polar surface area (TPSA) is 65.1 Å². The molecule has 0 aliphatic carbocycles. The summed E-state index contributed by atoms with van der Waals surface area (Å²) in [6.45, 7) is 8.92. The molecule has 0 unspecified atom stereocenters. The van der Waals surface area contributed by atoms with Crippen molar-refractivity contribution in [2.45, 2.75) is 26.4 Å². The molecule has 1 aromatic carbocycles. The Labute approximate surface area is 150 Å². The first kappa shape index (κ1) is 16.4. The van der Waals surface area contributed by atoms with Crippen LogP contribution in [0.2, 0.25) is 0 Å². The van der Waals surface area contributed by atoms with Gasteiger partial charge in [0.2, 0.25) is 5.95 Å². The predicted octanol–water partition coefficient (Wildman–Crippen LogP) is 2.10. The molecule has 0 fully saturated rings. The van der Waals surface area contributed by atoms with Gasteiger partial charge in [-0.1, -0.05) is 18.2 Å². The Kier molecular flexibility index (Phi) is 3.61. The summed E-state index contributed by atoms with van der Waals surface area (Å²) in [5, 5.41) is 0. The third-order valence-electron chi connectivity index (χ3n) is 5.01. The van der Waals surface area contributed by atoms with Crippen LogP contribution in [0.3, 0.4) is 0 Å². The molecule has 0 N–H and O–H groups in total. The number of benzene rings is 1. The summed E-state index contributed by atoms with van der Waals surface area (Å²) in [6.07, 6.45) is 1.59. The number of nitrogens with zero attached hydrogens (tertiary/aromatic N) is 5. The Morgan fingerprint density at radius 3 is 2.73 bits per heavy atom. The van der Waals surface area contributed by atoms with Gasteiger partial charge < -0.3 is 9.47 Å². The van der Waals surface area contributed by atoms with Crippen molar-refractivity contribution in [3.05, 3.63) is 63.3 Å². The Bertz CT molecular complexity index is 1150. The summed E-state index contributed by atoms with van der Waals surface area (Å²) in [5.74, 6) is 0.696. The Hall–Kier alpha value is -3.09. The van der Waals surface area contributed by atoms with Gasteiger partial charge in [-0.3, -0.25) is 13.9 Å². The molecule has 0 amide bonds. The van der Waals surface area contributed by atoms with E-state index in [0.29, 0.717) is 23.7 Å². The molecule has 134 valence electrons. The minimum absolute atomic E-state index is 0.319. The number of rotatable bonds is 3. The summed E-state index contributed by atoms with van der Waals surface area (Å²) in [5.41, 5.74) is 2.37. The molecule has 0 spiro atoms. The standard InChI is InChI=1S/C19H21N5O2/c1-5-13(3)24-17(25)15-16(21(4)19(24)26)20-18-22(9-10-23(15)18)14-8-6-7-12(2)11-14/h5-8,11,13H,1,9-10H2,2-4H3/t13-/m1/s1. The number of imidazole rings is 1. The van der Waals surface area contributed by atoms with Crippen molar-refractivity contribution >= 4 is 22.8 Å². The quantitative estimate of drug-likeness (QED) is 0.678. The highest BCUT2D eigenvalue weighted by atomic mass is 16.2. The molecule has 3 heterocycles. The van der Waals surface area contributed by atoms with Gasteiger partial charge in [-0.05, 0) is 31.5 Å². The molecule has 7 heteroatoms. The lowest BCUT2D eigenvalue weighted by molar-refractivity contribution is 0.572. The lowest BCUT2D eigenvalue weighted by Gasteiger charge is -2.16. The SMILES string of the molecule is C=C[C@@H](C)n1c(=O)c2c(nc3n2CCN3c2cccc(C)c2)n(C)c1=O. The van der Waals surface area contributed by atoms with Crippen LogP contribution < -0.4 is 16.1 Å². The number of hydrogen-bond acceptors (Lipinski definition) is 4. The third-order valence-corrected chi connectivity index (χ3v) is 5.01. The van der Waals surface area contributed by atoms with Crippen LogP contribution >= 0.6 is 0 Å². The second-order valence-corrected chi connectivity index (χ2v) is 6.72. The monoisotopic (exact) mass is 351 g/mol. The molecule has 2 aromatic heterocycles. The van der Waals surface area contributed by atoms with Gasteiger partial charge in [-0.2, -0.15) is 4.98 Å². The van der Waals surface area contributed by atoms with Gasteiger partial charge in [0, 0.05) is 25.8 Å². The molecular formula is C19H21N5O2. The molecule has 0 bridgehead atoms. The first-order valence-corrected chi connectivity index (χ1v) is 8.62. The lowest BCUT2D eigenvalue weighted by atomic mass is 10.2. The van der Waals surface area contributed by atoms with Crippen LogP contribution in [-0.2, 0) is 13.6 Å². The zero-order valence-electron chi connectivity index (χ0n) is 15.1. The fraction of sp³-hybridized carbons (Fsp3) is 0.316. The highest BCUT2D eigenvalue weighted by Gasteiger charge is 2.29. The molecule has 3 aromatic rings. The van der Waals surface area contributed by atoms with Gasteiger partial charge in [0.25, 0.3) is 5.56 Å². The van der Waals surface area contributed by atoms with Gasteiger partial charge >= 0.3 is 5.69 Å². The van der Waals surface area contributed by atoms with E-state index in [1.807, 2.05) is 29.7 Å². The largest absolute Gasteiger partial charge is 0.333 e. The summed E-state index contributed by atoms with van der Waals surface area (Å²) in [7, 11) is 1.65. The molecule has 0 saturated carbocycles. The summed E-state index contributed by atoms with van der Waals surface area (Å²) in [4.78, 5) is 32.4. The first-order chi connectivity index (χ1) is 12.4. The third kappa shape index (κ3) is 2.16. The second kappa shape index (κ2) is 5.72. The summed E-state index contributed by atoms with van der Waals surface area (Å²) >= 11 is 0. The maximum Gasteiger partial charge on any atom is 0.333 e. The van der Waals surface area contributed by atoms with E-state index in [4.69, 9.17) is 0 Å². The van der Waals surface area contributed by atoms with Crippen LogP contribution in [0.1, 0.15) is 18.5 Å². The van der Waals surface area contributed by atoms with Crippen molar-refractivity contribution in [3.8, 4) is 0 Å². The Balaban J connectivity index is 2.00. The van der Waals surface area contributed by atoms with E-state index in [-0.39, 0.29) is 17.3 Å². The number of allylic oxidation sites excluding steroid dienone is 1.